The maximum absolute atomic E-state index is 15.0. The van der Waals surface area contributed by atoms with Crippen LogP contribution in [0.5, 0.6) is 0 Å². The summed E-state index contributed by atoms with van der Waals surface area (Å²) in [5, 5.41) is 3.01. The molecule has 1 unspecified atom stereocenters. The average Bonchev–Trinajstić information content (AvgIpc) is 3.51. The first-order chi connectivity index (χ1) is 18.5. The molecule has 1 fully saturated rings. The van der Waals surface area contributed by atoms with Crippen LogP contribution in [0, 0.1) is 11.6 Å². The van der Waals surface area contributed by atoms with Gasteiger partial charge in [-0.25, -0.2) is 33.1 Å². The van der Waals surface area contributed by atoms with E-state index in [2.05, 4.69) is 42.0 Å². The molecule has 6 rings (SSSR count). The number of halogens is 3. The number of aryl methyl sites for hydroxylation is 1. The Kier molecular flexibility index (Phi) is 6.71. The Hall–Kier alpha value is -3.57. The molecule has 1 atom stereocenters. The molecule has 2 aliphatic rings. The van der Waals surface area contributed by atoms with Crippen LogP contribution in [0.15, 0.2) is 36.7 Å². The number of benzene rings is 1. The Labute approximate surface area is 218 Å². The van der Waals surface area contributed by atoms with Gasteiger partial charge >= 0.3 is 0 Å². The molecule has 0 spiro atoms. The molecule has 11 heteroatoms. The summed E-state index contributed by atoms with van der Waals surface area (Å²) >= 11 is 0. The van der Waals surface area contributed by atoms with Crippen molar-refractivity contribution in [3.8, 4) is 11.3 Å². The molecular formula is C27H29F3N8. The zero-order valence-corrected chi connectivity index (χ0v) is 21.2. The molecule has 2 aliphatic heterocycles. The maximum Gasteiger partial charge on any atom is 0.229 e. The zero-order valence-electron chi connectivity index (χ0n) is 21.2. The largest absolute Gasteiger partial charge is 0.322 e. The zero-order chi connectivity index (χ0) is 26.2. The number of hydrogen-bond acceptors (Lipinski definition) is 7. The molecule has 38 heavy (non-hydrogen) atoms. The third-order valence-electron chi connectivity index (χ3n) is 7.47. The highest BCUT2D eigenvalue weighted by Crippen LogP contribution is 2.35. The van der Waals surface area contributed by atoms with Crippen LogP contribution in [0.4, 0.5) is 24.9 Å². The van der Waals surface area contributed by atoms with Crippen molar-refractivity contribution in [2.75, 3.05) is 44.7 Å². The Morgan fingerprint density at radius 1 is 0.974 bits per heavy atom. The van der Waals surface area contributed by atoms with E-state index in [1.807, 2.05) is 18.3 Å². The fraction of sp³-hybridized carbons (Fsp3) is 0.407. The average molecular weight is 523 g/mol. The fourth-order valence-corrected chi connectivity index (χ4v) is 5.35. The van der Waals surface area contributed by atoms with Crippen LogP contribution in [0.25, 0.3) is 22.3 Å². The molecule has 1 N–H and O–H groups in total. The number of fused-ring (bicyclic) bond motifs is 3. The molecule has 0 amide bonds. The van der Waals surface area contributed by atoms with Crippen molar-refractivity contribution in [1.82, 2.24) is 34.3 Å². The molecule has 1 saturated heterocycles. The van der Waals surface area contributed by atoms with Gasteiger partial charge in [-0.1, -0.05) is 13.0 Å². The minimum atomic E-state index is -0.691. The highest BCUT2D eigenvalue weighted by molar-refractivity contribution is 5.83. The number of rotatable bonds is 7. The van der Waals surface area contributed by atoms with Crippen molar-refractivity contribution in [3.05, 3.63) is 59.7 Å². The van der Waals surface area contributed by atoms with E-state index in [1.54, 1.807) is 10.6 Å². The highest BCUT2D eigenvalue weighted by atomic mass is 19.1. The van der Waals surface area contributed by atoms with Gasteiger partial charge in [-0.2, -0.15) is 0 Å². The number of pyridine rings is 1. The van der Waals surface area contributed by atoms with E-state index in [1.165, 1.54) is 6.07 Å². The first-order valence-electron chi connectivity index (χ1n) is 13.0. The van der Waals surface area contributed by atoms with Gasteiger partial charge in [-0.05, 0) is 36.7 Å². The molecule has 1 aromatic carbocycles. The molecule has 5 heterocycles. The van der Waals surface area contributed by atoms with Gasteiger partial charge in [0.1, 0.15) is 29.5 Å². The van der Waals surface area contributed by atoms with Gasteiger partial charge in [0.15, 0.2) is 11.6 Å². The monoisotopic (exact) mass is 522 g/mol. The molecule has 0 bridgehead atoms. The van der Waals surface area contributed by atoms with E-state index >= 15 is 0 Å². The molecular weight excluding hydrogens is 493 g/mol. The molecule has 0 aliphatic carbocycles. The summed E-state index contributed by atoms with van der Waals surface area (Å²) in [5.41, 5.74) is 1.88. The van der Waals surface area contributed by atoms with Crippen LogP contribution in [-0.4, -0.2) is 73.7 Å². The number of nitrogens with zero attached hydrogens (tertiary/aromatic N) is 7. The Bertz CT molecular complexity index is 1450. The lowest BCUT2D eigenvalue weighted by Crippen LogP contribution is -2.45. The summed E-state index contributed by atoms with van der Waals surface area (Å²) in [5.74, 6) is 0.00459. The van der Waals surface area contributed by atoms with Crippen molar-refractivity contribution in [3.63, 3.8) is 0 Å². The fourth-order valence-electron chi connectivity index (χ4n) is 5.35. The topological polar surface area (TPSA) is 75.0 Å². The van der Waals surface area contributed by atoms with Crippen LogP contribution >= 0.6 is 0 Å². The summed E-state index contributed by atoms with van der Waals surface area (Å²) in [7, 11) is 0. The van der Waals surface area contributed by atoms with Crippen LogP contribution in [0.2, 0.25) is 0 Å². The lowest BCUT2D eigenvalue weighted by Gasteiger charge is -2.33. The van der Waals surface area contributed by atoms with Gasteiger partial charge in [-0.3, -0.25) is 4.90 Å². The van der Waals surface area contributed by atoms with Crippen molar-refractivity contribution in [2.24, 2.45) is 0 Å². The molecule has 4 aromatic rings. The number of hydrogen-bond donors (Lipinski definition) is 1. The summed E-state index contributed by atoms with van der Waals surface area (Å²) < 4.78 is 45.1. The van der Waals surface area contributed by atoms with Crippen molar-refractivity contribution < 1.29 is 13.2 Å². The van der Waals surface area contributed by atoms with Gasteiger partial charge in [-0.15, -0.1) is 0 Å². The standard InChI is InChI=1S/C27H29F3N8/c1-2-36-7-9-37(10-8-36)16-17-3-5-23(31-14-17)33-27-32-15-21(30)25(35-27)18-11-20(29)26-22(12-18)38-19(13-28)4-6-24(38)34-26/h3,5,11-12,14-15,19H,2,4,6-10,13,16H2,1H3,(H,31,32,33,35). The first kappa shape index (κ1) is 24.7. The maximum atomic E-state index is 15.0. The van der Waals surface area contributed by atoms with E-state index in [0.717, 1.165) is 51.0 Å². The van der Waals surface area contributed by atoms with Crippen LogP contribution in [0.3, 0.4) is 0 Å². The van der Waals surface area contributed by atoms with Gasteiger partial charge < -0.3 is 14.8 Å². The number of alkyl halides is 1. The SMILES string of the molecule is CCN1CCN(Cc2ccc(Nc3ncc(F)c(-c4cc(F)c5nc6n(c5c4)C(CF)CC6)n3)nc2)CC1. The minimum Gasteiger partial charge on any atom is -0.322 e. The molecule has 0 radical (unpaired) electrons. The number of anilines is 2. The molecule has 198 valence electrons. The Balaban J connectivity index is 1.21. The lowest BCUT2D eigenvalue weighted by molar-refractivity contribution is 0.132. The van der Waals surface area contributed by atoms with Gasteiger partial charge in [0, 0.05) is 50.9 Å². The Morgan fingerprint density at radius 3 is 2.53 bits per heavy atom. The second-order valence-corrected chi connectivity index (χ2v) is 9.85. The van der Waals surface area contributed by atoms with Crippen molar-refractivity contribution >= 4 is 22.8 Å². The van der Waals surface area contributed by atoms with Gasteiger partial charge in [0.25, 0.3) is 0 Å². The van der Waals surface area contributed by atoms with Crippen LogP contribution < -0.4 is 5.32 Å². The van der Waals surface area contributed by atoms with E-state index in [-0.39, 0.29) is 22.7 Å². The van der Waals surface area contributed by atoms with E-state index in [4.69, 9.17) is 0 Å². The van der Waals surface area contributed by atoms with Crippen LogP contribution in [-0.2, 0) is 13.0 Å². The second-order valence-electron chi connectivity index (χ2n) is 9.85. The summed E-state index contributed by atoms with van der Waals surface area (Å²) in [6.45, 7) is 7.74. The lowest BCUT2D eigenvalue weighted by atomic mass is 10.1. The number of aromatic nitrogens is 5. The predicted molar refractivity (Wildman–Crippen MR) is 139 cm³/mol. The predicted octanol–water partition coefficient (Wildman–Crippen LogP) is 4.50. The first-order valence-corrected chi connectivity index (χ1v) is 13.0. The third-order valence-corrected chi connectivity index (χ3v) is 7.47. The Morgan fingerprint density at radius 2 is 1.79 bits per heavy atom. The smallest absolute Gasteiger partial charge is 0.229 e. The van der Waals surface area contributed by atoms with E-state index in [0.29, 0.717) is 30.0 Å². The highest BCUT2D eigenvalue weighted by Gasteiger charge is 2.27. The molecule has 8 nitrogen and oxygen atoms in total. The summed E-state index contributed by atoms with van der Waals surface area (Å²) in [6, 6.07) is 6.26. The number of imidazole rings is 1. The minimum absolute atomic E-state index is 0.0588. The van der Waals surface area contributed by atoms with Crippen LogP contribution in [0.1, 0.15) is 30.8 Å². The summed E-state index contributed by atoms with van der Waals surface area (Å²) in [6.07, 6.45) is 4.04. The molecule has 0 saturated carbocycles. The number of piperazine rings is 1. The molecule has 3 aromatic heterocycles. The third kappa shape index (κ3) is 4.71. The normalized spacial score (nSPS) is 18.3. The van der Waals surface area contributed by atoms with Crippen molar-refractivity contribution in [2.45, 2.75) is 32.4 Å². The quantitative estimate of drug-likeness (QED) is 0.383. The summed E-state index contributed by atoms with van der Waals surface area (Å²) in [4.78, 5) is 22.0. The number of likely N-dealkylation sites (N-methyl/N-ethyl adjacent to an activating group) is 1. The van der Waals surface area contributed by atoms with E-state index in [9.17, 15) is 13.2 Å². The van der Waals surface area contributed by atoms with E-state index < -0.39 is 24.4 Å². The van der Waals surface area contributed by atoms with Gasteiger partial charge in [0.05, 0.1) is 17.8 Å². The van der Waals surface area contributed by atoms with Crippen molar-refractivity contribution in [1.29, 1.82) is 0 Å². The number of nitrogens with one attached hydrogen (secondary N) is 1. The van der Waals surface area contributed by atoms with Gasteiger partial charge in [0.2, 0.25) is 5.95 Å². The second kappa shape index (κ2) is 10.3.